The summed E-state index contributed by atoms with van der Waals surface area (Å²) in [6.45, 7) is 3.34. The standard InChI is InChI=1S/C11H9ClN2O.C3H8N2/c12-11-3-1-2-9(10(11)4-5-15)8-6-13-14-7-8;1-3(4)5-2/h1-3,5-7H,4H2,(H,13,14);5H,1,4H2,2H3. The van der Waals surface area contributed by atoms with Gasteiger partial charge in [0.05, 0.1) is 12.0 Å². The van der Waals surface area contributed by atoms with Gasteiger partial charge in [0.2, 0.25) is 0 Å². The Bertz CT molecular complexity index is 567. The first-order valence-electron chi connectivity index (χ1n) is 5.92. The number of rotatable bonds is 4. The van der Waals surface area contributed by atoms with Crippen molar-refractivity contribution in [2.24, 2.45) is 5.73 Å². The van der Waals surface area contributed by atoms with Crippen molar-refractivity contribution in [2.75, 3.05) is 7.05 Å². The normalized spacial score (nSPS) is 9.30. The molecule has 0 aliphatic heterocycles. The highest BCUT2D eigenvalue weighted by molar-refractivity contribution is 6.31. The predicted molar refractivity (Wildman–Crippen MR) is 81.2 cm³/mol. The van der Waals surface area contributed by atoms with Crippen LogP contribution >= 0.6 is 11.6 Å². The third kappa shape index (κ3) is 4.44. The summed E-state index contributed by atoms with van der Waals surface area (Å²) in [6, 6.07) is 5.57. The molecule has 0 aliphatic carbocycles. The summed E-state index contributed by atoms with van der Waals surface area (Å²) in [5.74, 6) is 0.505. The van der Waals surface area contributed by atoms with Crippen LogP contribution in [0.25, 0.3) is 11.1 Å². The molecular weight excluding hydrogens is 276 g/mol. The molecule has 0 saturated carbocycles. The van der Waals surface area contributed by atoms with Gasteiger partial charge in [-0.3, -0.25) is 5.10 Å². The summed E-state index contributed by atoms with van der Waals surface area (Å²) in [4.78, 5) is 10.6. The van der Waals surface area contributed by atoms with Crippen molar-refractivity contribution in [3.8, 4) is 11.1 Å². The van der Waals surface area contributed by atoms with E-state index in [-0.39, 0.29) is 0 Å². The second-order valence-electron chi connectivity index (χ2n) is 3.90. The lowest BCUT2D eigenvalue weighted by molar-refractivity contribution is -0.107. The number of halogens is 1. The Morgan fingerprint density at radius 1 is 1.60 bits per heavy atom. The van der Waals surface area contributed by atoms with E-state index >= 15 is 0 Å². The molecular formula is C14H17ClN4O. The van der Waals surface area contributed by atoms with Crippen LogP contribution in [0.15, 0.2) is 43.0 Å². The van der Waals surface area contributed by atoms with E-state index < -0.39 is 0 Å². The Morgan fingerprint density at radius 2 is 2.30 bits per heavy atom. The molecule has 20 heavy (non-hydrogen) atoms. The van der Waals surface area contributed by atoms with E-state index in [0.29, 0.717) is 17.3 Å². The predicted octanol–water partition coefficient (Wildman–Crippen LogP) is 2.11. The number of aromatic amines is 1. The van der Waals surface area contributed by atoms with Gasteiger partial charge in [-0.1, -0.05) is 30.3 Å². The molecule has 0 spiro atoms. The molecule has 0 fully saturated rings. The molecule has 1 heterocycles. The third-order valence-electron chi connectivity index (χ3n) is 2.54. The summed E-state index contributed by atoms with van der Waals surface area (Å²) >= 11 is 6.04. The number of carbonyl (C=O) groups is 1. The molecule has 0 aliphatic rings. The maximum Gasteiger partial charge on any atom is 0.124 e. The Morgan fingerprint density at radius 3 is 2.80 bits per heavy atom. The van der Waals surface area contributed by atoms with E-state index in [1.54, 1.807) is 25.5 Å². The number of aldehydes is 1. The fourth-order valence-corrected chi connectivity index (χ4v) is 1.77. The van der Waals surface area contributed by atoms with Crippen LogP contribution in [0.5, 0.6) is 0 Å². The summed E-state index contributed by atoms with van der Waals surface area (Å²) in [6.07, 6.45) is 4.66. The lowest BCUT2D eigenvalue weighted by Gasteiger charge is -2.06. The summed E-state index contributed by atoms with van der Waals surface area (Å²) in [5.41, 5.74) is 7.72. The van der Waals surface area contributed by atoms with Crippen LogP contribution in [0.4, 0.5) is 0 Å². The van der Waals surface area contributed by atoms with E-state index in [0.717, 1.165) is 23.0 Å². The van der Waals surface area contributed by atoms with Gasteiger partial charge in [-0.2, -0.15) is 5.10 Å². The zero-order valence-corrected chi connectivity index (χ0v) is 11.9. The van der Waals surface area contributed by atoms with Crippen LogP contribution in [0.2, 0.25) is 5.02 Å². The minimum Gasteiger partial charge on any atom is -0.386 e. The van der Waals surface area contributed by atoms with Crippen molar-refractivity contribution in [3.05, 3.63) is 53.6 Å². The van der Waals surface area contributed by atoms with Gasteiger partial charge >= 0.3 is 0 Å². The Balaban J connectivity index is 0.000000347. The average molecular weight is 293 g/mol. The average Bonchev–Trinajstić information content (AvgIpc) is 2.96. The highest BCUT2D eigenvalue weighted by Gasteiger charge is 2.08. The highest BCUT2D eigenvalue weighted by Crippen LogP contribution is 2.28. The molecule has 0 unspecified atom stereocenters. The van der Waals surface area contributed by atoms with Crippen molar-refractivity contribution in [3.63, 3.8) is 0 Å². The van der Waals surface area contributed by atoms with E-state index in [1.165, 1.54) is 0 Å². The number of carbonyl (C=O) groups excluding carboxylic acids is 1. The molecule has 5 nitrogen and oxygen atoms in total. The summed E-state index contributed by atoms with van der Waals surface area (Å²) in [5, 5.41) is 9.83. The van der Waals surface area contributed by atoms with E-state index in [2.05, 4.69) is 22.1 Å². The van der Waals surface area contributed by atoms with Gasteiger partial charge in [-0.25, -0.2) is 0 Å². The molecule has 0 atom stereocenters. The maximum absolute atomic E-state index is 10.6. The molecule has 0 bridgehead atoms. The van der Waals surface area contributed by atoms with Gasteiger partial charge < -0.3 is 15.8 Å². The first-order chi connectivity index (χ1) is 9.60. The first-order valence-corrected chi connectivity index (χ1v) is 6.30. The molecule has 2 aromatic rings. The lowest BCUT2D eigenvalue weighted by Crippen LogP contribution is -2.11. The molecule has 106 valence electrons. The smallest absolute Gasteiger partial charge is 0.124 e. The number of benzene rings is 1. The minimum atomic E-state index is 0.320. The van der Waals surface area contributed by atoms with E-state index in [9.17, 15) is 4.79 Å². The van der Waals surface area contributed by atoms with Crippen molar-refractivity contribution in [1.82, 2.24) is 15.5 Å². The van der Waals surface area contributed by atoms with E-state index in [1.807, 2.05) is 12.1 Å². The number of hydrogen-bond donors (Lipinski definition) is 3. The van der Waals surface area contributed by atoms with Crippen molar-refractivity contribution >= 4 is 17.9 Å². The monoisotopic (exact) mass is 292 g/mol. The molecule has 1 aromatic carbocycles. The van der Waals surface area contributed by atoms with Gasteiger partial charge in [0.25, 0.3) is 0 Å². The second kappa shape index (κ2) is 8.01. The van der Waals surface area contributed by atoms with Crippen molar-refractivity contribution in [1.29, 1.82) is 0 Å². The van der Waals surface area contributed by atoms with E-state index in [4.69, 9.17) is 17.3 Å². The number of H-pyrrole nitrogens is 1. The van der Waals surface area contributed by atoms with Crippen molar-refractivity contribution in [2.45, 2.75) is 6.42 Å². The minimum absolute atomic E-state index is 0.320. The highest BCUT2D eigenvalue weighted by atomic mass is 35.5. The zero-order valence-electron chi connectivity index (χ0n) is 11.2. The molecule has 0 amide bonds. The van der Waals surface area contributed by atoms with Crippen LogP contribution in [-0.2, 0) is 11.2 Å². The summed E-state index contributed by atoms with van der Waals surface area (Å²) in [7, 11) is 1.72. The van der Waals surface area contributed by atoms with Gasteiger partial charge in [-0.05, 0) is 17.2 Å². The Hall–Kier alpha value is -2.27. The first kappa shape index (κ1) is 15.8. The quantitative estimate of drug-likeness (QED) is 0.754. The molecule has 4 N–H and O–H groups in total. The molecule has 6 heteroatoms. The number of hydrogen-bond acceptors (Lipinski definition) is 4. The largest absolute Gasteiger partial charge is 0.386 e. The number of nitrogens with zero attached hydrogens (tertiary/aromatic N) is 1. The van der Waals surface area contributed by atoms with Gasteiger partial charge in [0, 0.05) is 30.3 Å². The summed E-state index contributed by atoms with van der Waals surface area (Å²) < 4.78 is 0. The molecule has 1 aromatic heterocycles. The topological polar surface area (TPSA) is 83.8 Å². The van der Waals surface area contributed by atoms with Gasteiger partial charge in [0.1, 0.15) is 6.29 Å². The second-order valence-corrected chi connectivity index (χ2v) is 4.31. The Labute approximate surface area is 122 Å². The van der Waals surface area contributed by atoms with Crippen LogP contribution in [0, 0.1) is 0 Å². The fraction of sp³-hybridized carbons (Fsp3) is 0.143. The number of nitrogens with one attached hydrogen (secondary N) is 2. The molecule has 0 radical (unpaired) electrons. The molecule has 2 rings (SSSR count). The van der Waals surface area contributed by atoms with Crippen LogP contribution in [-0.4, -0.2) is 23.5 Å². The zero-order chi connectivity index (χ0) is 15.0. The van der Waals surface area contributed by atoms with Gasteiger partial charge in [0.15, 0.2) is 0 Å². The Kier molecular flexibility index (Phi) is 6.32. The fourth-order valence-electron chi connectivity index (χ4n) is 1.52. The van der Waals surface area contributed by atoms with Crippen LogP contribution in [0.1, 0.15) is 5.56 Å². The SMILES string of the molecule is C=C(N)NC.O=CCc1c(Cl)cccc1-c1cn[nH]c1. The van der Waals surface area contributed by atoms with Gasteiger partial charge in [-0.15, -0.1) is 0 Å². The van der Waals surface area contributed by atoms with Crippen molar-refractivity contribution < 1.29 is 4.79 Å². The number of nitrogens with two attached hydrogens (primary N) is 1. The maximum atomic E-state index is 10.6. The van der Waals surface area contributed by atoms with Crippen LogP contribution in [0.3, 0.4) is 0 Å². The lowest BCUT2D eigenvalue weighted by atomic mass is 10.0. The number of aromatic nitrogens is 2. The third-order valence-corrected chi connectivity index (χ3v) is 2.89. The van der Waals surface area contributed by atoms with Crippen LogP contribution < -0.4 is 11.1 Å². The molecule has 0 saturated heterocycles.